The van der Waals surface area contributed by atoms with Crippen molar-refractivity contribution >= 4 is 33.4 Å². The lowest BCUT2D eigenvalue weighted by Gasteiger charge is -2.19. The number of nitrogens with one attached hydrogen (secondary N) is 1. The van der Waals surface area contributed by atoms with Crippen LogP contribution in [0.1, 0.15) is 67.2 Å². The molecular weight excluding hydrogens is 444 g/mol. The maximum atomic E-state index is 12.7. The van der Waals surface area contributed by atoms with Gasteiger partial charge in [-0.2, -0.15) is 0 Å². The monoisotopic (exact) mass is 474 g/mol. The van der Waals surface area contributed by atoms with Crippen LogP contribution in [-0.2, 0) is 0 Å². The van der Waals surface area contributed by atoms with Gasteiger partial charge in [-0.15, -0.1) is 0 Å². The highest BCUT2D eigenvalue weighted by Gasteiger charge is 2.14. The van der Waals surface area contributed by atoms with E-state index >= 15 is 0 Å². The number of amides is 2. The molecular formula is C24H31BrN2O3. The van der Waals surface area contributed by atoms with Crippen LogP contribution in [0.25, 0.3) is 0 Å². The standard InChI is InChI=1S/C24H31BrN2O3/c1-4-7-8-9-15-30-22-14-13-18(17-21(22)25)23(28)26-20-12-10-11-19(16-20)24(29)27(5-2)6-3/h10-14,16-17H,4-9,15H2,1-3H3,(H,26,28). The number of halogens is 1. The number of carbonyl (C=O) groups is 2. The van der Waals surface area contributed by atoms with Crippen molar-refractivity contribution in [3.63, 3.8) is 0 Å². The highest BCUT2D eigenvalue weighted by molar-refractivity contribution is 9.10. The number of hydrogen-bond donors (Lipinski definition) is 1. The van der Waals surface area contributed by atoms with Gasteiger partial charge in [0.05, 0.1) is 11.1 Å². The molecule has 0 bridgehead atoms. The lowest BCUT2D eigenvalue weighted by molar-refractivity contribution is 0.0772. The minimum absolute atomic E-state index is 0.0423. The maximum absolute atomic E-state index is 12.7. The summed E-state index contributed by atoms with van der Waals surface area (Å²) in [5, 5.41) is 2.87. The Morgan fingerprint density at radius 3 is 2.40 bits per heavy atom. The molecule has 0 fully saturated rings. The third-order valence-corrected chi connectivity index (χ3v) is 5.49. The van der Waals surface area contributed by atoms with Crippen molar-refractivity contribution < 1.29 is 14.3 Å². The van der Waals surface area contributed by atoms with E-state index in [0.29, 0.717) is 36.5 Å². The van der Waals surface area contributed by atoms with Gasteiger partial charge in [0.1, 0.15) is 5.75 Å². The summed E-state index contributed by atoms with van der Waals surface area (Å²) in [6.07, 6.45) is 4.58. The Balaban J connectivity index is 2.01. The summed E-state index contributed by atoms with van der Waals surface area (Å²) in [5.74, 6) is 0.451. The van der Waals surface area contributed by atoms with Gasteiger partial charge in [-0.3, -0.25) is 9.59 Å². The van der Waals surface area contributed by atoms with E-state index in [2.05, 4.69) is 28.2 Å². The van der Waals surface area contributed by atoms with Crippen molar-refractivity contribution in [1.82, 2.24) is 4.90 Å². The largest absolute Gasteiger partial charge is 0.492 e. The predicted molar refractivity (Wildman–Crippen MR) is 125 cm³/mol. The number of unbranched alkanes of at least 4 members (excludes halogenated alkanes) is 3. The summed E-state index contributed by atoms with van der Waals surface area (Å²) in [7, 11) is 0. The molecule has 1 N–H and O–H groups in total. The smallest absolute Gasteiger partial charge is 0.255 e. The molecule has 0 aliphatic heterocycles. The molecule has 0 saturated heterocycles. The zero-order chi connectivity index (χ0) is 21.9. The molecule has 5 nitrogen and oxygen atoms in total. The van der Waals surface area contributed by atoms with Crippen molar-refractivity contribution in [1.29, 1.82) is 0 Å². The van der Waals surface area contributed by atoms with Crippen LogP contribution >= 0.6 is 15.9 Å². The normalized spacial score (nSPS) is 10.5. The molecule has 0 heterocycles. The molecule has 0 unspecified atom stereocenters. The number of ether oxygens (including phenoxy) is 1. The first kappa shape index (κ1) is 23.9. The summed E-state index contributed by atoms with van der Waals surface area (Å²) in [6.45, 7) is 8.03. The van der Waals surface area contributed by atoms with E-state index in [0.717, 1.165) is 23.1 Å². The van der Waals surface area contributed by atoms with Gasteiger partial charge in [-0.05, 0) is 72.6 Å². The van der Waals surface area contributed by atoms with Gasteiger partial charge in [0.15, 0.2) is 0 Å². The molecule has 6 heteroatoms. The lowest BCUT2D eigenvalue weighted by atomic mass is 10.1. The molecule has 2 rings (SSSR count). The Kier molecular flexibility index (Phi) is 9.87. The van der Waals surface area contributed by atoms with Gasteiger partial charge in [0.2, 0.25) is 0 Å². The molecule has 2 aromatic rings. The van der Waals surface area contributed by atoms with E-state index in [1.165, 1.54) is 12.8 Å². The van der Waals surface area contributed by atoms with Crippen LogP contribution in [0.2, 0.25) is 0 Å². The van der Waals surface area contributed by atoms with Gasteiger partial charge >= 0.3 is 0 Å². The molecule has 0 radical (unpaired) electrons. The molecule has 0 spiro atoms. The molecule has 0 saturated carbocycles. The fraction of sp³-hybridized carbons (Fsp3) is 0.417. The molecule has 0 aromatic heterocycles. The number of rotatable bonds is 11. The number of benzene rings is 2. The molecule has 0 atom stereocenters. The Bertz CT molecular complexity index is 850. The Hall–Kier alpha value is -2.34. The van der Waals surface area contributed by atoms with Crippen LogP contribution in [0.4, 0.5) is 5.69 Å². The van der Waals surface area contributed by atoms with Gasteiger partial charge < -0.3 is 15.0 Å². The lowest BCUT2D eigenvalue weighted by Crippen LogP contribution is -2.30. The summed E-state index contributed by atoms with van der Waals surface area (Å²) in [4.78, 5) is 27.0. The minimum atomic E-state index is -0.238. The topological polar surface area (TPSA) is 58.6 Å². The SMILES string of the molecule is CCCCCCOc1ccc(C(=O)Nc2cccc(C(=O)N(CC)CC)c2)cc1Br. The van der Waals surface area contributed by atoms with Crippen LogP contribution in [0.15, 0.2) is 46.9 Å². The Morgan fingerprint density at radius 2 is 1.73 bits per heavy atom. The fourth-order valence-electron chi connectivity index (χ4n) is 3.10. The van der Waals surface area contributed by atoms with Crippen LogP contribution in [0.3, 0.4) is 0 Å². The molecule has 0 aliphatic rings. The van der Waals surface area contributed by atoms with E-state index in [1.807, 2.05) is 13.8 Å². The van der Waals surface area contributed by atoms with Crippen LogP contribution < -0.4 is 10.1 Å². The van der Waals surface area contributed by atoms with Gasteiger partial charge in [-0.25, -0.2) is 0 Å². The molecule has 0 aliphatic carbocycles. The first-order valence-corrected chi connectivity index (χ1v) is 11.4. The van der Waals surface area contributed by atoms with Crippen LogP contribution in [0.5, 0.6) is 5.75 Å². The highest BCUT2D eigenvalue weighted by Crippen LogP contribution is 2.27. The van der Waals surface area contributed by atoms with Crippen molar-refractivity contribution in [3.8, 4) is 5.75 Å². The Labute approximate surface area is 187 Å². The van der Waals surface area contributed by atoms with Gasteiger partial charge in [0.25, 0.3) is 11.8 Å². The van der Waals surface area contributed by atoms with Crippen molar-refractivity contribution in [2.45, 2.75) is 46.5 Å². The zero-order valence-electron chi connectivity index (χ0n) is 18.0. The predicted octanol–water partition coefficient (Wildman–Crippen LogP) is 6.14. The zero-order valence-corrected chi connectivity index (χ0v) is 19.6. The van der Waals surface area contributed by atoms with Gasteiger partial charge in [-0.1, -0.05) is 32.3 Å². The van der Waals surface area contributed by atoms with Gasteiger partial charge in [0, 0.05) is 29.9 Å². The van der Waals surface area contributed by atoms with E-state index in [9.17, 15) is 9.59 Å². The van der Waals surface area contributed by atoms with Crippen molar-refractivity contribution in [2.75, 3.05) is 25.0 Å². The maximum Gasteiger partial charge on any atom is 0.255 e. The summed E-state index contributed by atoms with van der Waals surface area (Å²) in [5.41, 5.74) is 1.66. The first-order valence-electron chi connectivity index (χ1n) is 10.6. The second kappa shape index (κ2) is 12.4. The molecule has 162 valence electrons. The third-order valence-electron chi connectivity index (χ3n) is 4.87. The molecule has 2 amide bonds. The average molecular weight is 475 g/mol. The number of carbonyl (C=O) groups excluding carboxylic acids is 2. The van der Waals surface area contributed by atoms with E-state index in [-0.39, 0.29) is 11.8 Å². The fourth-order valence-corrected chi connectivity index (χ4v) is 3.59. The number of nitrogens with zero attached hydrogens (tertiary/aromatic N) is 1. The van der Waals surface area contributed by atoms with E-state index < -0.39 is 0 Å². The summed E-state index contributed by atoms with van der Waals surface area (Å²) < 4.78 is 6.55. The number of anilines is 1. The Morgan fingerprint density at radius 1 is 0.967 bits per heavy atom. The second-order valence-electron chi connectivity index (χ2n) is 7.07. The van der Waals surface area contributed by atoms with Crippen molar-refractivity contribution in [2.24, 2.45) is 0 Å². The van der Waals surface area contributed by atoms with Crippen LogP contribution in [-0.4, -0.2) is 36.4 Å². The number of hydrogen-bond acceptors (Lipinski definition) is 3. The van der Waals surface area contributed by atoms with E-state index in [1.54, 1.807) is 47.4 Å². The second-order valence-corrected chi connectivity index (χ2v) is 7.92. The summed E-state index contributed by atoms with van der Waals surface area (Å²) >= 11 is 3.49. The molecule has 2 aromatic carbocycles. The molecule has 30 heavy (non-hydrogen) atoms. The first-order chi connectivity index (χ1) is 14.5. The van der Waals surface area contributed by atoms with Crippen LogP contribution in [0, 0.1) is 0 Å². The van der Waals surface area contributed by atoms with Crippen molar-refractivity contribution in [3.05, 3.63) is 58.1 Å². The average Bonchev–Trinajstić information content (AvgIpc) is 2.75. The third kappa shape index (κ3) is 6.87. The highest BCUT2D eigenvalue weighted by atomic mass is 79.9. The summed E-state index contributed by atoms with van der Waals surface area (Å²) in [6, 6.07) is 12.3. The van der Waals surface area contributed by atoms with E-state index in [4.69, 9.17) is 4.74 Å². The quantitative estimate of drug-likeness (QED) is 0.397. The minimum Gasteiger partial charge on any atom is -0.492 e.